The van der Waals surface area contributed by atoms with Crippen LogP contribution in [-0.4, -0.2) is 59.6 Å². The van der Waals surface area contributed by atoms with E-state index in [2.05, 4.69) is 32.2 Å². The molecular formula is C31H28Cl2N4O5. The number of carboxylic acid groups (broad SMARTS) is 1. The summed E-state index contributed by atoms with van der Waals surface area (Å²) >= 11 is 12.9. The molecule has 42 heavy (non-hydrogen) atoms. The number of ether oxygens (including phenoxy) is 2. The fraction of sp³-hybridized carbons (Fsp3) is 0.355. The van der Waals surface area contributed by atoms with E-state index in [1.165, 1.54) is 6.07 Å². The van der Waals surface area contributed by atoms with Crippen molar-refractivity contribution in [3.63, 3.8) is 0 Å². The number of hydrogen-bond donors (Lipinski definition) is 1. The number of methoxy groups -OCH3 is 1. The molecule has 3 aromatic heterocycles. The van der Waals surface area contributed by atoms with Gasteiger partial charge in [-0.05, 0) is 48.8 Å². The van der Waals surface area contributed by atoms with Crippen LogP contribution in [0, 0.1) is 17.8 Å². The first-order valence-corrected chi connectivity index (χ1v) is 14.7. The Morgan fingerprint density at radius 1 is 1.14 bits per heavy atom. The van der Waals surface area contributed by atoms with Crippen molar-refractivity contribution in [1.29, 1.82) is 0 Å². The molecule has 1 saturated heterocycles. The molecule has 4 heterocycles. The number of allylic oxidation sites excluding steroid dienone is 1. The van der Waals surface area contributed by atoms with Crippen LogP contribution < -0.4 is 9.64 Å². The Morgan fingerprint density at radius 3 is 2.60 bits per heavy atom. The number of piperidine rings is 1. The van der Waals surface area contributed by atoms with Crippen LogP contribution >= 0.6 is 23.2 Å². The van der Waals surface area contributed by atoms with Crippen LogP contribution in [-0.2, 0) is 4.74 Å². The predicted octanol–water partition coefficient (Wildman–Crippen LogP) is 6.59. The van der Waals surface area contributed by atoms with E-state index in [9.17, 15) is 9.90 Å². The minimum atomic E-state index is -1.09. The smallest absolute Gasteiger partial charge is 0.354 e. The number of nitrogens with zero attached hydrogens (tertiary/aromatic N) is 4. The summed E-state index contributed by atoms with van der Waals surface area (Å²) in [6.07, 6.45) is 9.76. The van der Waals surface area contributed by atoms with Crippen molar-refractivity contribution in [3.8, 4) is 17.0 Å². The predicted molar refractivity (Wildman–Crippen MR) is 160 cm³/mol. The van der Waals surface area contributed by atoms with E-state index >= 15 is 0 Å². The van der Waals surface area contributed by atoms with E-state index in [1.54, 1.807) is 19.5 Å². The summed E-state index contributed by atoms with van der Waals surface area (Å²) < 4.78 is 16.8. The van der Waals surface area contributed by atoms with Gasteiger partial charge in [0, 0.05) is 66.8 Å². The van der Waals surface area contributed by atoms with Gasteiger partial charge in [-0.25, -0.2) is 9.78 Å². The molecule has 1 aromatic carbocycles. The normalized spacial score (nSPS) is 21.3. The molecule has 3 fully saturated rings. The molecule has 1 N–H and O–H groups in total. The number of carbonyl (C=O) groups is 1. The minimum Gasteiger partial charge on any atom is -0.490 e. The summed E-state index contributed by atoms with van der Waals surface area (Å²) in [4.78, 5) is 22.4. The van der Waals surface area contributed by atoms with Gasteiger partial charge in [-0.15, -0.1) is 0 Å². The van der Waals surface area contributed by atoms with Crippen molar-refractivity contribution in [2.45, 2.75) is 18.8 Å². The lowest BCUT2D eigenvalue weighted by atomic mass is 10.0. The topological polar surface area (TPSA) is 111 Å². The second-order valence-corrected chi connectivity index (χ2v) is 11.9. The summed E-state index contributed by atoms with van der Waals surface area (Å²) in [5.41, 5.74) is 3.88. The lowest BCUT2D eigenvalue weighted by Gasteiger charge is -2.22. The highest BCUT2D eigenvalue weighted by Crippen LogP contribution is 2.54. The molecule has 2 aliphatic carbocycles. The standard InChI is InChI=1S/C31H28Cl2N4O5/c1-40-8-9-41-27-11-26(31(38)39)35-25-7-4-17(10-20(25)27)37-14-21-18(22(21)15-37)5-6-19-29(36-42-30(19)16-2-3-16)28-23(32)12-34-13-24(28)33/h4-7,10-13,16,18,21-22H,2-3,8-9,14-15H2,1H3,(H,38,39). The third kappa shape index (κ3) is 4.99. The summed E-state index contributed by atoms with van der Waals surface area (Å²) in [5.74, 6) is 2.24. The number of aromatic carboxylic acids is 1. The molecule has 1 aliphatic heterocycles. The number of halogens is 2. The molecule has 0 amide bonds. The Morgan fingerprint density at radius 2 is 1.90 bits per heavy atom. The second kappa shape index (κ2) is 10.9. The third-order valence-corrected chi connectivity index (χ3v) is 9.00. The van der Waals surface area contributed by atoms with Crippen LogP contribution in [0.15, 0.2) is 47.3 Å². The Bertz CT molecular complexity index is 1690. The zero-order valence-corrected chi connectivity index (χ0v) is 24.3. The zero-order chi connectivity index (χ0) is 29.0. The van der Waals surface area contributed by atoms with E-state index < -0.39 is 5.97 Å². The molecule has 2 unspecified atom stereocenters. The minimum absolute atomic E-state index is 0.0472. The van der Waals surface area contributed by atoms with Gasteiger partial charge < -0.3 is 24.0 Å². The number of aromatic nitrogens is 3. The number of rotatable bonds is 10. The number of benzene rings is 1. The van der Waals surface area contributed by atoms with Crippen molar-refractivity contribution in [1.82, 2.24) is 15.1 Å². The fourth-order valence-electron chi connectivity index (χ4n) is 6.05. The number of hydrogen-bond acceptors (Lipinski definition) is 8. The molecule has 2 saturated carbocycles. The quantitative estimate of drug-likeness (QED) is 0.200. The van der Waals surface area contributed by atoms with Crippen LogP contribution in [0.1, 0.15) is 40.6 Å². The maximum absolute atomic E-state index is 11.6. The Balaban J connectivity index is 1.10. The summed E-state index contributed by atoms with van der Waals surface area (Å²) in [5, 5.41) is 15.5. The highest BCUT2D eigenvalue weighted by Gasteiger charge is 2.54. The van der Waals surface area contributed by atoms with Gasteiger partial charge in [-0.3, -0.25) is 4.98 Å². The largest absolute Gasteiger partial charge is 0.490 e. The first-order chi connectivity index (χ1) is 20.4. The van der Waals surface area contributed by atoms with Gasteiger partial charge in [-0.2, -0.15) is 0 Å². The molecular weight excluding hydrogens is 579 g/mol. The van der Waals surface area contributed by atoms with Crippen LogP contribution in [0.2, 0.25) is 10.0 Å². The van der Waals surface area contributed by atoms with E-state index in [0.29, 0.717) is 69.5 Å². The molecule has 11 heteroatoms. The van der Waals surface area contributed by atoms with Crippen LogP contribution in [0.4, 0.5) is 5.69 Å². The van der Waals surface area contributed by atoms with Crippen LogP contribution in [0.3, 0.4) is 0 Å². The molecule has 4 aromatic rings. The molecule has 7 rings (SSSR count). The number of anilines is 1. The maximum atomic E-state index is 11.6. The molecule has 0 bridgehead atoms. The second-order valence-electron chi connectivity index (χ2n) is 11.1. The Hall–Kier alpha value is -3.66. The van der Waals surface area contributed by atoms with Crippen molar-refractivity contribution in [2.24, 2.45) is 17.8 Å². The molecule has 0 radical (unpaired) electrons. The SMILES string of the molecule is COCCOc1cc(C(=O)O)nc2ccc(N3CC4C(C=Cc5c(-c6c(Cl)cncc6Cl)noc5C5CC5)C4C3)cc12. The fourth-order valence-corrected chi connectivity index (χ4v) is 6.59. The van der Waals surface area contributed by atoms with Gasteiger partial charge in [-0.1, -0.05) is 40.5 Å². The number of fused-ring (bicyclic) bond motifs is 2. The van der Waals surface area contributed by atoms with Crippen molar-refractivity contribution in [2.75, 3.05) is 38.3 Å². The van der Waals surface area contributed by atoms with E-state index in [1.807, 2.05) is 18.2 Å². The zero-order valence-electron chi connectivity index (χ0n) is 22.8. The summed E-state index contributed by atoms with van der Waals surface area (Å²) in [6, 6.07) is 7.39. The summed E-state index contributed by atoms with van der Waals surface area (Å²) in [6.45, 7) is 2.58. The van der Waals surface area contributed by atoms with Gasteiger partial charge >= 0.3 is 5.97 Å². The van der Waals surface area contributed by atoms with Crippen molar-refractivity contribution >= 4 is 51.8 Å². The van der Waals surface area contributed by atoms with Gasteiger partial charge in [0.1, 0.15) is 23.8 Å². The Labute approximate surface area is 252 Å². The number of pyridine rings is 2. The van der Waals surface area contributed by atoms with E-state index in [4.69, 9.17) is 37.2 Å². The number of carboxylic acids is 1. The van der Waals surface area contributed by atoms with Gasteiger partial charge in [0.25, 0.3) is 0 Å². The van der Waals surface area contributed by atoms with Crippen LogP contribution in [0.5, 0.6) is 5.75 Å². The van der Waals surface area contributed by atoms with Gasteiger partial charge in [0.05, 0.1) is 22.2 Å². The molecule has 9 nitrogen and oxygen atoms in total. The first kappa shape index (κ1) is 27.2. The Kier molecular flexibility index (Phi) is 7.04. The van der Waals surface area contributed by atoms with Crippen LogP contribution in [0.25, 0.3) is 28.2 Å². The van der Waals surface area contributed by atoms with Gasteiger partial charge in [0.2, 0.25) is 0 Å². The molecule has 216 valence electrons. The first-order valence-electron chi connectivity index (χ1n) is 13.9. The van der Waals surface area contributed by atoms with Crippen molar-refractivity contribution < 1.29 is 23.9 Å². The lowest BCUT2D eigenvalue weighted by molar-refractivity contribution is 0.0690. The molecule has 0 spiro atoms. The molecule has 2 atom stereocenters. The third-order valence-electron chi connectivity index (χ3n) is 8.42. The van der Waals surface area contributed by atoms with E-state index in [-0.39, 0.29) is 5.69 Å². The maximum Gasteiger partial charge on any atom is 0.354 e. The lowest BCUT2D eigenvalue weighted by Crippen LogP contribution is -2.23. The highest BCUT2D eigenvalue weighted by atomic mass is 35.5. The molecule has 3 aliphatic rings. The van der Waals surface area contributed by atoms with Crippen molar-refractivity contribution in [3.05, 3.63) is 69.8 Å². The van der Waals surface area contributed by atoms with E-state index in [0.717, 1.165) is 48.3 Å². The van der Waals surface area contributed by atoms with Gasteiger partial charge in [0.15, 0.2) is 5.69 Å². The average Bonchev–Trinajstić information content (AvgIpc) is 3.84. The monoisotopic (exact) mass is 606 g/mol. The highest BCUT2D eigenvalue weighted by molar-refractivity contribution is 6.39. The summed E-state index contributed by atoms with van der Waals surface area (Å²) in [7, 11) is 1.60. The average molecular weight is 607 g/mol.